The second kappa shape index (κ2) is 6.21. The van der Waals surface area contributed by atoms with E-state index in [4.69, 9.17) is 11.6 Å². The van der Waals surface area contributed by atoms with E-state index in [1.807, 2.05) is 13.8 Å². The van der Waals surface area contributed by atoms with Crippen LogP contribution in [0.4, 0.5) is 0 Å². The number of likely N-dealkylation sites (N-methyl/N-ethyl adjacent to an activating group) is 1. The molecule has 1 amide bonds. The highest BCUT2D eigenvalue weighted by Crippen LogP contribution is 2.23. The molecule has 9 heteroatoms. The van der Waals surface area contributed by atoms with Crippen molar-refractivity contribution >= 4 is 17.5 Å². The number of aromatic amines is 1. The summed E-state index contributed by atoms with van der Waals surface area (Å²) in [5, 5.41) is 18.5. The van der Waals surface area contributed by atoms with Gasteiger partial charge in [0.25, 0.3) is 0 Å². The lowest BCUT2D eigenvalue weighted by Crippen LogP contribution is -2.32. The zero-order valence-corrected chi connectivity index (χ0v) is 13.2. The van der Waals surface area contributed by atoms with Crippen LogP contribution in [0.5, 0.6) is 0 Å². The van der Waals surface area contributed by atoms with Crippen molar-refractivity contribution in [3.63, 3.8) is 0 Å². The Morgan fingerprint density at radius 1 is 1.52 bits per heavy atom. The Balaban J connectivity index is 2.15. The summed E-state index contributed by atoms with van der Waals surface area (Å²) in [7, 11) is 3.50. The van der Waals surface area contributed by atoms with Gasteiger partial charge < -0.3 is 4.90 Å². The van der Waals surface area contributed by atoms with Crippen LogP contribution in [0.1, 0.15) is 36.3 Å². The van der Waals surface area contributed by atoms with Crippen molar-refractivity contribution in [1.82, 2.24) is 35.3 Å². The molecule has 114 valence electrons. The van der Waals surface area contributed by atoms with Gasteiger partial charge in [-0.05, 0) is 13.3 Å². The average molecular weight is 312 g/mol. The number of hydrogen-bond acceptors (Lipinski definition) is 5. The average Bonchev–Trinajstić information content (AvgIpc) is 3.04. The van der Waals surface area contributed by atoms with E-state index >= 15 is 0 Å². The summed E-state index contributed by atoms with van der Waals surface area (Å²) in [6.07, 6.45) is 0.600. The highest BCUT2D eigenvalue weighted by molar-refractivity contribution is 6.30. The molecule has 1 unspecified atom stereocenters. The molecule has 8 nitrogen and oxygen atoms in total. The fraction of sp³-hybridized carbons (Fsp3) is 0.583. The molecule has 0 bridgehead atoms. The number of carbonyl (C=O) groups is 1. The van der Waals surface area contributed by atoms with Crippen LogP contribution in [0.3, 0.4) is 0 Å². The zero-order chi connectivity index (χ0) is 15.6. The molecule has 0 aliphatic carbocycles. The number of hydrogen-bond donors (Lipinski definition) is 1. The van der Waals surface area contributed by atoms with Crippen molar-refractivity contribution in [2.75, 3.05) is 7.05 Å². The molecule has 0 spiro atoms. The maximum absolute atomic E-state index is 12.5. The molecule has 21 heavy (non-hydrogen) atoms. The van der Waals surface area contributed by atoms with Crippen LogP contribution in [0.25, 0.3) is 0 Å². The largest absolute Gasteiger partial charge is 0.341 e. The van der Waals surface area contributed by atoms with Gasteiger partial charge in [-0.3, -0.25) is 9.48 Å². The molecule has 1 N–H and O–H groups in total. The topological polar surface area (TPSA) is 92.6 Å². The molecule has 0 aromatic carbocycles. The Morgan fingerprint density at radius 3 is 2.71 bits per heavy atom. The predicted molar refractivity (Wildman–Crippen MR) is 76.6 cm³/mol. The van der Waals surface area contributed by atoms with Gasteiger partial charge in [0, 0.05) is 19.7 Å². The summed E-state index contributed by atoms with van der Waals surface area (Å²) in [4.78, 5) is 14.2. The molecule has 0 aliphatic heterocycles. The van der Waals surface area contributed by atoms with Crippen LogP contribution < -0.4 is 0 Å². The Bertz CT molecular complexity index is 622. The second-order valence-corrected chi connectivity index (χ2v) is 5.26. The van der Waals surface area contributed by atoms with E-state index in [0.29, 0.717) is 23.9 Å². The SMILES string of the molecule is CCC(C(=O)N(C)Cc1c(C)nn(C)c1Cl)c1nn[nH]n1. The number of aromatic nitrogens is 6. The van der Waals surface area contributed by atoms with Crippen LogP contribution in [0.15, 0.2) is 0 Å². The number of halogens is 1. The van der Waals surface area contributed by atoms with E-state index in [9.17, 15) is 4.79 Å². The predicted octanol–water partition coefficient (Wildman–Crippen LogP) is 1.05. The second-order valence-electron chi connectivity index (χ2n) is 4.90. The first-order valence-corrected chi connectivity index (χ1v) is 6.99. The van der Waals surface area contributed by atoms with E-state index in [1.54, 1.807) is 23.7 Å². The number of aryl methyl sites for hydroxylation is 2. The standard InChI is InChI=1S/C12H18ClN7O/c1-5-8(11-14-17-18-15-11)12(21)19(3)6-9-7(2)16-20(4)10(9)13/h8H,5-6H2,1-4H3,(H,14,15,17,18). The summed E-state index contributed by atoms with van der Waals surface area (Å²) in [5.41, 5.74) is 1.66. The summed E-state index contributed by atoms with van der Waals surface area (Å²) >= 11 is 6.20. The number of nitrogens with zero attached hydrogens (tertiary/aromatic N) is 6. The lowest BCUT2D eigenvalue weighted by molar-refractivity contribution is -0.132. The van der Waals surface area contributed by atoms with Crippen LogP contribution in [-0.4, -0.2) is 48.3 Å². The summed E-state index contributed by atoms with van der Waals surface area (Å²) in [6, 6.07) is 0. The number of tetrazole rings is 1. The van der Waals surface area contributed by atoms with Crippen molar-refractivity contribution in [3.8, 4) is 0 Å². The number of rotatable bonds is 5. The highest BCUT2D eigenvalue weighted by atomic mass is 35.5. The Hall–Kier alpha value is -1.96. The van der Waals surface area contributed by atoms with Gasteiger partial charge in [-0.1, -0.05) is 23.7 Å². The van der Waals surface area contributed by atoms with Gasteiger partial charge in [-0.25, -0.2) is 0 Å². The van der Waals surface area contributed by atoms with E-state index in [-0.39, 0.29) is 5.91 Å². The number of amides is 1. The van der Waals surface area contributed by atoms with E-state index in [0.717, 1.165) is 11.3 Å². The van der Waals surface area contributed by atoms with Gasteiger partial charge in [0.15, 0.2) is 5.82 Å². The van der Waals surface area contributed by atoms with Gasteiger partial charge in [0.1, 0.15) is 11.1 Å². The van der Waals surface area contributed by atoms with E-state index in [2.05, 4.69) is 25.7 Å². The Morgan fingerprint density at radius 2 is 2.24 bits per heavy atom. The zero-order valence-electron chi connectivity index (χ0n) is 12.5. The monoisotopic (exact) mass is 311 g/mol. The number of carbonyl (C=O) groups excluding carboxylic acids is 1. The maximum atomic E-state index is 12.5. The summed E-state index contributed by atoms with van der Waals surface area (Å²) in [5.74, 6) is -0.0777. The van der Waals surface area contributed by atoms with Crippen molar-refractivity contribution in [2.24, 2.45) is 7.05 Å². The lowest BCUT2D eigenvalue weighted by Gasteiger charge is -2.21. The summed E-state index contributed by atoms with van der Waals surface area (Å²) < 4.78 is 1.60. The van der Waals surface area contributed by atoms with Crippen LogP contribution in [0, 0.1) is 6.92 Å². The molecule has 2 aromatic rings. The van der Waals surface area contributed by atoms with Gasteiger partial charge in [-0.2, -0.15) is 10.3 Å². The third-order valence-electron chi connectivity index (χ3n) is 3.42. The molecule has 0 aliphatic rings. The van der Waals surface area contributed by atoms with Crippen molar-refractivity contribution < 1.29 is 4.79 Å². The molecule has 1 atom stereocenters. The van der Waals surface area contributed by atoms with Gasteiger partial charge in [0.05, 0.1) is 12.2 Å². The summed E-state index contributed by atoms with van der Waals surface area (Å²) in [6.45, 7) is 4.18. The Labute approximate surface area is 127 Å². The Kier molecular flexibility index (Phi) is 4.56. The molecule has 0 saturated heterocycles. The molecule has 2 heterocycles. The van der Waals surface area contributed by atoms with Crippen molar-refractivity contribution in [1.29, 1.82) is 0 Å². The van der Waals surface area contributed by atoms with Gasteiger partial charge in [-0.15, -0.1) is 10.2 Å². The molecule has 0 fully saturated rings. The first-order valence-electron chi connectivity index (χ1n) is 6.62. The third-order valence-corrected chi connectivity index (χ3v) is 3.89. The number of H-pyrrole nitrogens is 1. The van der Waals surface area contributed by atoms with Crippen LogP contribution >= 0.6 is 11.6 Å². The van der Waals surface area contributed by atoms with Crippen molar-refractivity contribution in [3.05, 3.63) is 22.2 Å². The molecule has 0 saturated carbocycles. The smallest absolute Gasteiger partial charge is 0.233 e. The molecule has 2 rings (SSSR count). The van der Waals surface area contributed by atoms with E-state index in [1.165, 1.54) is 0 Å². The molecule has 2 aromatic heterocycles. The van der Waals surface area contributed by atoms with E-state index < -0.39 is 5.92 Å². The lowest BCUT2D eigenvalue weighted by atomic mass is 10.0. The fourth-order valence-corrected chi connectivity index (χ4v) is 2.45. The molecular formula is C12H18ClN7O. The third kappa shape index (κ3) is 3.05. The number of nitrogens with one attached hydrogen (secondary N) is 1. The van der Waals surface area contributed by atoms with Gasteiger partial charge >= 0.3 is 0 Å². The minimum absolute atomic E-state index is 0.0711. The van der Waals surface area contributed by atoms with Crippen LogP contribution in [0.2, 0.25) is 5.15 Å². The fourth-order valence-electron chi connectivity index (χ4n) is 2.22. The first-order chi connectivity index (χ1) is 9.95. The minimum Gasteiger partial charge on any atom is -0.341 e. The maximum Gasteiger partial charge on any atom is 0.233 e. The normalized spacial score (nSPS) is 12.4. The quantitative estimate of drug-likeness (QED) is 0.891. The van der Waals surface area contributed by atoms with Gasteiger partial charge in [0.2, 0.25) is 5.91 Å². The molecular weight excluding hydrogens is 294 g/mol. The van der Waals surface area contributed by atoms with Crippen molar-refractivity contribution in [2.45, 2.75) is 32.7 Å². The highest BCUT2D eigenvalue weighted by Gasteiger charge is 2.27. The van der Waals surface area contributed by atoms with Crippen LogP contribution in [-0.2, 0) is 18.4 Å². The molecule has 0 radical (unpaired) electrons. The minimum atomic E-state index is -0.412. The first kappa shape index (κ1) is 15.4.